The Kier molecular flexibility index (Phi) is 8.12. The normalized spacial score (nSPS) is 11.3. The Morgan fingerprint density at radius 2 is 1.84 bits per heavy atom. The topological polar surface area (TPSA) is 85.0 Å². The van der Waals surface area contributed by atoms with Crippen molar-refractivity contribution in [3.63, 3.8) is 0 Å². The molecule has 3 aromatic rings. The van der Waals surface area contributed by atoms with Gasteiger partial charge in [-0.3, -0.25) is 4.99 Å². The number of benzene rings is 2. The highest BCUT2D eigenvalue weighted by atomic mass is 35.5. The fourth-order valence-electron chi connectivity index (χ4n) is 2.82. The van der Waals surface area contributed by atoms with Crippen molar-refractivity contribution in [2.75, 3.05) is 40.9 Å². The van der Waals surface area contributed by atoms with Gasteiger partial charge in [0.15, 0.2) is 5.96 Å². The van der Waals surface area contributed by atoms with Crippen LogP contribution in [-0.4, -0.2) is 61.9 Å². The van der Waals surface area contributed by atoms with Crippen molar-refractivity contribution in [2.24, 2.45) is 4.99 Å². The Morgan fingerprint density at radius 3 is 2.52 bits per heavy atom. The third-order valence-corrected chi connectivity index (χ3v) is 4.77. The molecule has 1 aromatic heterocycles. The van der Waals surface area contributed by atoms with E-state index in [-0.39, 0.29) is 0 Å². The standard InChI is InChI=1S/C22H26ClN5O3/c1-24-22(28(2)14-15-30-19-10-8-18(29-3)9-11-19)25-13-12-20-26-21(27-31-20)16-4-6-17(23)7-5-16/h4-11H,12-15H2,1-3H3,(H,24,25). The molecule has 0 aliphatic rings. The number of hydrogen-bond donors (Lipinski definition) is 1. The van der Waals surface area contributed by atoms with E-state index < -0.39 is 0 Å². The number of halogens is 1. The van der Waals surface area contributed by atoms with Gasteiger partial charge in [-0.25, -0.2) is 0 Å². The molecule has 0 atom stereocenters. The second-order valence-corrected chi connectivity index (χ2v) is 7.12. The van der Waals surface area contributed by atoms with Crippen LogP contribution in [0.4, 0.5) is 0 Å². The van der Waals surface area contributed by atoms with E-state index >= 15 is 0 Å². The molecule has 0 amide bonds. The van der Waals surface area contributed by atoms with Crippen molar-refractivity contribution >= 4 is 17.6 Å². The molecule has 0 spiro atoms. The first-order chi connectivity index (χ1) is 15.1. The summed E-state index contributed by atoms with van der Waals surface area (Å²) in [6.45, 7) is 1.81. The van der Waals surface area contributed by atoms with Gasteiger partial charge in [-0.05, 0) is 48.5 Å². The Labute approximate surface area is 186 Å². The minimum Gasteiger partial charge on any atom is -0.497 e. The smallest absolute Gasteiger partial charge is 0.228 e. The molecule has 9 heteroatoms. The van der Waals surface area contributed by atoms with Crippen LogP contribution in [0.5, 0.6) is 11.5 Å². The highest BCUT2D eigenvalue weighted by Crippen LogP contribution is 2.19. The average molecular weight is 444 g/mol. The van der Waals surface area contributed by atoms with E-state index in [9.17, 15) is 0 Å². The fourth-order valence-corrected chi connectivity index (χ4v) is 2.94. The summed E-state index contributed by atoms with van der Waals surface area (Å²) in [6.07, 6.45) is 0.579. The van der Waals surface area contributed by atoms with Gasteiger partial charge in [-0.2, -0.15) is 4.98 Å². The maximum Gasteiger partial charge on any atom is 0.228 e. The highest BCUT2D eigenvalue weighted by molar-refractivity contribution is 6.30. The summed E-state index contributed by atoms with van der Waals surface area (Å²) < 4.78 is 16.3. The molecule has 31 heavy (non-hydrogen) atoms. The van der Waals surface area contributed by atoms with Gasteiger partial charge in [0.25, 0.3) is 0 Å². The van der Waals surface area contributed by atoms with Gasteiger partial charge >= 0.3 is 0 Å². The van der Waals surface area contributed by atoms with Gasteiger partial charge in [-0.1, -0.05) is 16.8 Å². The van der Waals surface area contributed by atoms with Gasteiger partial charge in [0.05, 0.1) is 13.7 Å². The molecule has 0 bridgehead atoms. The van der Waals surface area contributed by atoms with E-state index in [1.54, 1.807) is 26.3 Å². The molecule has 0 radical (unpaired) electrons. The van der Waals surface area contributed by atoms with Crippen LogP contribution >= 0.6 is 11.6 Å². The van der Waals surface area contributed by atoms with Crippen molar-refractivity contribution in [3.05, 3.63) is 59.4 Å². The molecule has 0 aliphatic carbocycles. The lowest BCUT2D eigenvalue weighted by atomic mass is 10.2. The zero-order valence-electron chi connectivity index (χ0n) is 17.8. The van der Waals surface area contributed by atoms with E-state index in [2.05, 4.69) is 20.4 Å². The van der Waals surface area contributed by atoms with Crippen LogP contribution in [0.15, 0.2) is 58.0 Å². The molecule has 0 aliphatic heterocycles. The molecule has 0 unspecified atom stereocenters. The van der Waals surface area contributed by atoms with E-state index in [1.807, 2.05) is 48.3 Å². The first-order valence-corrected chi connectivity index (χ1v) is 10.2. The lowest BCUT2D eigenvalue weighted by molar-refractivity contribution is 0.281. The molecule has 0 saturated carbocycles. The number of methoxy groups -OCH3 is 1. The monoisotopic (exact) mass is 443 g/mol. The van der Waals surface area contributed by atoms with Crippen LogP contribution in [0, 0.1) is 0 Å². The summed E-state index contributed by atoms with van der Waals surface area (Å²) >= 11 is 5.92. The van der Waals surface area contributed by atoms with E-state index in [0.29, 0.717) is 42.9 Å². The van der Waals surface area contributed by atoms with Crippen LogP contribution in [0.1, 0.15) is 5.89 Å². The molecule has 1 heterocycles. The Morgan fingerprint density at radius 1 is 1.13 bits per heavy atom. The van der Waals surface area contributed by atoms with Gasteiger partial charge in [-0.15, -0.1) is 0 Å². The van der Waals surface area contributed by atoms with Crippen molar-refractivity contribution in [2.45, 2.75) is 6.42 Å². The van der Waals surface area contributed by atoms with Gasteiger partial charge < -0.3 is 24.2 Å². The van der Waals surface area contributed by atoms with Crippen LogP contribution in [-0.2, 0) is 6.42 Å². The maximum absolute atomic E-state index is 5.92. The molecule has 0 fully saturated rings. The van der Waals surface area contributed by atoms with Crippen molar-refractivity contribution in [1.82, 2.24) is 20.4 Å². The lowest BCUT2D eigenvalue weighted by Gasteiger charge is -2.22. The van der Waals surface area contributed by atoms with Crippen LogP contribution in [0.25, 0.3) is 11.4 Å². The zero-order chi connectivity index (χ0) is 22.1. The van der Waals surface area contributed by atoms with E-state index in [1.165, 1.54) is 0 Å². The molecular weight excluding hydrogens is 418 g/mol. The predicted octanol–water partition coefficient (Wildman–Crippen LogP) is 3.53. The fraction of sp³-hybridized carbons (Fsp3) is 0.318. The molecule has 3 rings (SSSR count). The summed E-state index contributed by atoms with van der Waals surface area (Å²) in [5.74, 6) is 3.46. The molecule has 164 valence electrons. The molecule has 8 nitrogen and oxygen atoms in total. The lowest BCUT2D eigenvalue weighted by Crippen LogP contribution is -2.41. The van der Waals surface area contributed by atoms with Crippen LogP contribution in [0.2, 0.25) is 5.02 Å². The number of hydrogen-bond acceptors (Lipinski definition) is 6. The van der Waals surface area contributed by atoms with E-state index in [4.69, 9.17) is 25.6 Å². The maximum atomic E-state index is 5.92. The number of nitrogens with zero attached hydrogens (tertiary/aromatic N) is 4. The van der Waals surface area contributed by atoms with Crippen molar-refractivity contribution in [3.8, 4) is 22.9 Å². The summed E-state index contributed by atoms with van der Waals surface area (Å²) in [5, 5.41) is 7.99. The van der Waals surface area contributed by atoms with Gasteiger partial charge in [0, 0.05) is 37.6 Å². The minimum atomic E-state index is 0.525. The summed E-state index contributed by atoms with van der Waals surface area (Å²) in [7, 11) is 5.34. The second kappa shape index (κ2) is 11.2. The number of nitrogens with one attached hydrogen (secondary N) is 1. The Bertz CT molecular complexity index is 974. The quantitative estimate of drug-likeness (QED) is 0.400. The molecular formula is C22H26ClN5O3. The van der Waals surface area contributed by atoms with Crippen molar-refractivity contribution in [1.29, 1.82) is 0 Å². The summed E-state index contributed by atoms with van der Waals surface area (Å²) in [6, 6.07) is 14.8. The number of rotatable bonds is 9. The largest absolute Gasteiger partial charge is 0.497 e. The van der Waals surface area contributed by atoms with Gasteiger partial charge in [0.2, 0.25) is 11.7 Å². The third kappa shape index (κ3) is 6.62. The SMILES string of the molecule is CN=C(NCCc1nc(-c2ccc(Cl)cc2)no1)N(C)CCOc1ccc(OC)cc1. The number of ether oxygens (including phenoxy) is 2. The number of guanidine groups is 1. The van der Waals surface area contributed by atoms with Crippen molar-refractivity contribution < 1.29 is 14.0 Å². The number of aromatic nitrogens is 2. The second-order valence-electron chi connectivity index (χ2n) is 6.69. The third-order valence-electron chi connectivity index (χ3n) is 4.52. The molecule has 2 aromatic carbocycles. The molecule has 0 saturated heterocycles. The Balaban J connectivity index is 1.41. The minimum absolute atomic E-state index is 0.525. The summed E-state index contributed by atoms with van der Waals surface area (Å²) in [4.78, 5) is 10.7. The first-order valence-electron chi connectivity index (χ1n) is 9.86. The van der Waals surface area contributed by atoms with E-state index in [0.717, 1.165) is 23.0 Å². The summed E-state index contributed by atoms with van der Waals surface area (Å²) in [5.41, 5.74) is 0.861. The molecule has 1 N–H and O–H groups in total. The number of aliphatic imine (C=N–C) groups is 1. The first kappa shape index (κ1) is 22.4. The van der Waals surface area contributed by atoms with Crippen LogP contribution < -0.4 is 14.8 Å². The number of likely N-dealkylation sites (N-methyl/N-ethyl adjacent to an activating group) is 1. The predicted molar refractivity (Wildman–Crippen MR) is 121 cm³/mol. The van der Waals surface area contributed by atoms with Crippen LogP contribution in [0.3, 0.4) is 0 Å². The van der Waals surface area contributed by atoms with Gasteiger partial charge in [0.1, 0.15) is 18.1 Å². The highest BCUT2D eigenvalue weighted by Gasteiger charge is 2.10. The Hall–Kier alpha value is -3.26. The zero-order valence-corrected chi connectivity index (χ0v) is 18.6. The average Bonchev–Trinajstić information content (AvgIpc) is 3.26.